The minimum absolute atomic E-state index is 0.293. The predicted molar refractivity (Wildman–Crippen MR) is 93.4 cm³/mol. The Kier molecular flexibility index (Phi) is 4.85. The van der Waals surface area contributed by atoms with E-state index in [-0.39, 0.29) is 0 Å². The molecule has 0 aliphatic carbocycles. The van der Waals surface area contributed by atoms with Gasteiger partial charge < -0.3 is 20.5 Å². The molecule has 3 rings (SSSR count). The van der Waals surface area contributed by atoms with Gasteiger partial charge in [0.15, 0.2) is 0 Å². The van der Waals surface area contributed by atoms with Crippen LogP contribution in [-0.4, -0.2) is 36.8 Å². The Hall–Kier alpha value is -2.34. The van der Waals surface area contributed by atoms with E-state index in [2.05, 4.69) is 10.3 Å². The molecule has 6 heteroatoms. The highest BCUT2D eigenvalue weighted by atomic mass is 16.5. The van der Waals surface area contributed by atoms with Crippen molar-refractivity contribution in [3.05, 3.63) is 29.5 Å². The van der Waals surface area contributed by atoms with Gasteiger partial charge >= 0.3 is 5.97 Å². The van der Waals surface area contributed by atoms with Gasteiger partial charge in [-0.2, -0.15) is 0 Å². The number of aromatic nitrogens is 1. The van der Waals surface area contributed by atoms with Gasteiger partial charge in [0, 0.05) is 6.04 Å². The highest BCUT2D eigenvalue weighted by molar-refractivity contribution is 6.07. The number of nitrogens with two attached hydrogens (primary N) is 1. The monoisotopic (exact) mass is 329 g/mol. The molecular weight excluding hydrogens is 306 g/mol. The number of anilines is 1. The molecule has 1 fully saturated rings. The van der Waals surface area contributed by atoms with E-state index in [0.29, 0.717) is 47.3 Å². The molecule has 0 amide bonds. The van der Waals surface area contributed by atoms with E-state index in [1.807, 2.05) is 18.2 Å². The van der Waals surface area contributed by atoms with Gasteiger partial charge in [-0.05, 0) is 45.4 Å². The van der Waals surface area contributed by atoms with Crippen molar-refractivity contribution in [2.45, 2.75) is 32.7 Å². The Morgan fingerprint density at radius 3 is 3.00 bits per heavy atom. The molecule has 0 spiro atoms. The summed E-state index contributed by atoms with van der Waals surface area (Å²) in [6.07, 6.45) is 2.27. The van der Waals surface area contributed by atoms with E-state index in [4.69, 9.17) is 15.2 Å². The van der Waals surface area contributed by atoms with Crippen LogP contribution in [0.15, 0.2) is 18.2 Å². The van der Waals surface area contributed by atoms with Crippen molar-refractivity contribution in [2.75, 3.05) is 25.5 Å². The molecule has 0 bridgehead atoms. The topological polar surface area (TPSA) is 86.5 Å². The van der Waals surface area contributed by atoms with Gasteiger partial charge in [0.25, 0.3) is 0 Å². The van der Waals surface area contributed by atoms with Crippen LogP contribution in [0.2, 0.25) is 0 Å². The molecule has 1 saturated heterocycles. The van der Waals surface area contributed by atoms with E-state index in [1.165, 1.54) is 6.42 Å². The van der Waals surface area contributed by atoms with E-state index in [0.717, 1.165) is 18.5 Å². The first kappa shape index (κ1) is 16.5. The molecule has 1 aliphatic rings. The van der Waals surface area contributed by atoms with Gasteiger partial charge in [-0.15, -0.1) is 0 Å². The Labute approximate surface area is 141 Å². The summed E-state index contributed by atoms with van der Waals surface area (Å²) in [5.74, 6) is 0.200. The van der Waals surface area contributed by atoms with Crippen LogP contribution in [0.3, 0.4) is 0 Å². The largest absolute Gasteiger partial charge is 0.491 e. The van der Waals surface area contributed by atoms with Gasteiger partial charge in [0.2, 0.25) is 0 Å². The first-order chi connectivity index (χ1) is 11.6. The molecule has 2 heterocycles. The predicted octanol–water partition coefficient (Wildman–Crippen LogP) is 2.43. The molecule has 2 aromatic rings. The summed E-state index contributed by atoms with van der Waals surface area (Å²) in [7, 11) is 0. The van der Waals surface area contributed by atoms with E-state index in [1.54, 1.807) is 13.8 Å². The summed E-state index contributed by atoms with van der Waals surface area (Å²) in [6, 6.07) is 5.97. The smallest absolute Gasteiger partial charge is 0.342 e. The molecule has 3 N–H and O–H groups in total. The van der Waals surface area contributed by atoms with Crippen LogP contribution in [0.5, 0.6) is 5.75 Å². The van der Waals surface area contributed by atoms with Crippen molar-refractivity contribution in [1.82, 2.24) is 10.3 Å². The summed E-state index contributed by atoms with van der Waals surface area (Å²) < 4.78 is 11.1. The van der Waals surface area contributed by atoms with E-state index >= 15 is 0 Å². The lowest BCUT2D eigenvalue weighted by Gasteiger charge is -2.16. The van der Waals surface area contributed by atoms with Crippen LogP contribution >= 0.6 is 0 Å². The number of rotatable bonds is 5. The average Bonchev–Trinajstić information content (AvgIpc) is 3.06. The van der Waals surface area contributed by atoms with Crippen LogP contribution in [0.4, 0.5) is 5.69 Å². The van der Waals surface area contributed by atoms with Crippen molar-refractivity contribution < 1.29 is 14.3 Å². The number of fused-ring (bicyclic) bond motifs is 1. The normalized spacial score (nSPS) is 17.2. The number of pyridine rings is 1. The summed E-state index contributed by atoms with van der Waals surface area (Å²) in [4.78, 5) is 16.7. The lowest BCUT2D eigenvalue weighted by molar-refractivity contribution is 0.0526. The number of ether oxygens (including phenoxy) is 2. The number of nitrogen functional groups attached to an aromatic ring is 1. The Bertz CT molecular complexity index is 755. The van der Waals surface area contributed by atoms with Crippen molar-refractivity contribution in [2.24, 2.45) is 0 Å². The highest BCUT2D eigenvalue weighted by Crippen LogP contribution is 2.34. The highest BCUT2D eigenvalue weighted by Gasteiger charge is 2.21. The second-order valence-corrected chi connectivity index (χ2v) is 5.96. The maximum absolute atomic E-state index is 12.2. The number of carbonyl (C=O) groups is 1. The number of nitrogens with one attached hydrogen (secondary N) is 1. The second-order valence-electron chi connectivity index (χ2n) is 5.96. The third kappa shape index (κ3) is 3.14. The lowest BCUT2D eigenvalue weighted by atomic mass is 10.1. The number of hydrogen-bond acceptors (Lipinski definition) is 6. The molecule has 1 aromatic carbocycles. The molecular formula is C18H23N3O3. The van der Waals surface area contributed by atoms with E-state index < -0.39 is 5.97 Å². The molecule has 128 valence electrons. The van der Waals surface area contributed by atoms with E-state index in [9.17, 15) is 4.79 Å². The third-order valence-corrected chi connectivity index (χ3v) is 4.27. The quantitative estimate of drug-likeness (QED) is 0.819. The molecule has 0 radical (unpaired) electrons. The van der Waals surface area contributed by atoms with Gasteiger partial charge in [0.05, 0.1) is 28.9 Å². The number of aryl methyl sites for hydroxylation is 1. The van der Waals surface area contributed by atoms with Gasteiger partial charge in [-0.1, -0.05) is 6.07 Å². The molecule has 0 unspecified atom stereocenters. The lowest BCUT2D eigenvalue weighted by Crippen LogP contribution is -2.28. The first-order valence-electron chi connectivity index (χ1n) is 8.34. The zero-order valence-electron chi connectivity index (χ0n) is 14.1. The summed E-state index contributed by atoms with van der Waals surface area (Å²) in [5, 5.41) is 4.07. The van der Waals surface area contributed by atoms with Crippen LogP contribution in [0, 0.1) is 6.92 Å². The molecule has 1 aromatic heterocycles. The van der Waals surface area contributed by atoms with Crippen molar-refractivity contribution in [1.29, 1.82) is 0 Å². The fraction of sp³-hybridized carbons (Fsp3) is 0.444. The van der Waals surface area contributed by atoms with Crippen LogP contribution in [0.1, 0.15) is 35.8 Å². The Morgan fingerprint density at radius 2 is 2.29 bits per heavy atom. The third-order valence-electron chi connectivity index (χ3n) is 4.27. The van der Waals surface area contributed by atoms with Gasteiger partial charge in [-0.3, -0.25) is 4.98 Å². The van der Waals surface area contributed by atoms with Crippen molar-refractivity contribution >= 4 is 22.6 Å². The number of nitrogens with zero attached hydrogens (tertiary/aromatic N) is 1. The Morgan fingerprint density at radius 1 is 1.46 bits per heavy atom. The summed E-state index contributed by atoms with van der Waals surface area (Å²) in [6.45, 7) is 5.42. The second kappa shape index (κ2) is 7.05. The van der Waals surface area contributed by atoms with Gasteiger partial charge in [-0.25, -0.2) is 4.79 Å². The molecule has 0 saturated carbocycles. The zero-order chi connectivity index (χ0) is 17.1. The molecule has 24 heavy (non-hydrogen) atoms. The maximum atomic E-state index is 12.2. The number of benzene rings is 1. The minimum atomic E-state index is -0.450. The SMILES string of the molecule is CCOC(=O)c1c(C)nc2cccc(OC[C@@H]3CCCN3)c2c1N. The maximum Gasteiger partial charge on any atom is 0.342 e. The minimum Gasteiger partial charge on any atom is -0.491 e. The van der Waals surface area contributed by atoms with Crippen LogP contribution < -0.4 is 15.8 Å². The summed E-state index contributed by atoms with van der Waals surface area (Å²) in [5.41, 5.74) is 8.27. The number of esters is 1. The van der Waals surface area contributed by atoms with Crippen molar-refractivity contribution in [3.63, 3.8) is 0 Å². The first-order valence-corrected chi connectivity index (χ1v) is 8.34. The zero-order valence-corrected chi connectivity index (χ0v) is 14.1. The standard InChI is InChI=1S/C18H23N3O3/c1-3-23-18(22)15-11(2)21-13-7-4-8-14(16(13)17(15)19)24-10-12-6-5-9-20-12/h4,7-8,12,20H,3,5-6,9-10H2,1-2H3,(H2,19,21)/t12-/m0/s1. The molecule has 1 atom stereocenters. The Balaban J connectivity index is 2.00. The van der Waals surface area contributed by atoms with Crippen molar-refractivity contribution in [3.8, 4) is 5.75 Å². The fourth-order valence-corrected chi connectivity index (χ4v) is 3.11. The van der Waals surface area contributed by atoms with Crippen LogP contribution in [0.25, 0.3) is 10.9 Å². The molecule has 6 nitrogen and oxygen atoms in total. The van der Waals surface area contributed by atoms with Gasteiger partial charge in [0.1, 0.15) is 17.9 Å². The average molecular weight is 329 g/mol. The summed E-state index contributed by atoms with van der Waals surface area (Å²) >= 11 is 0. The molecule has 1 aliphatic heterocycles. The number of hydrogen-bond donors (Lipinski definition) is 2. The number of carbonyl (C=O) groups excluding carboxylic acids is 1. The van der Waals surface area contributed by atoms with Crippen LogP contribution in [-0.2, 0) is 4.74 Å². The fourth-order valence-electron chi connectivity index (χ4n) is 3.11.